The first-order valence-electron chi connectivity index (χ1n) is 11.1. The van der Waals surface area contributed by atoms with Gasteiger partial charge in [-0.1, -0.05) is 18.2 Å². The summed E-state index contributed by atoms with van der Waals surface area (Å²) < 4.78 is 34.6. The van der Waals surface area contributed by atoms with Crippen molar-refractivity contribution in [2.75, 3.05) is 37.3 Å². The lowest BCUT2D eigenvalue weighted by molar-refractivity contribution is 0.229. The van der Waals surface area contributed by atoms with Gasteiger partial charge in [-0.05, 0) is 38.1 Å². The van der Waals surface area contributed by atoms with Crippen molar-refractivity contribution in [1.29, 1.82) is 0 Å². The lowest BCUT2D eigenvalue weighted by atomic mass is 10.1. The molecule has 2 aromatic carbocycles. The maximum atomic E-state index is 14.6. The van der Waals surface area contributed by atoms with Crippen molar-refractivity contribution < 1.29 is 13.5 Å². The molecule has 11 heteroatoms. The Kier molecular flexibility index (Phi) is 6.17. The quantitative estimate of drug-likeness (QED) is 0.362. The Balaban J connectivity index is 1.26. The molecule has 0 radical (unpaired) electrons. The van der Waals surface area contributed by atoms with Crippen molar-refractivity contribution in [3.63, 3.8) is 0 Å². The molecule has 0 spiro atoms. The minimum absolute atomic E-state index is 0.00519. The molecule has 2 aromatic heterocycles. The number of hydrogen-bond donors (Lipinski definition) is 3. The lowest BCUT2D eigenvalue weighted by Gasteiger charge is -2.16. The van der Waals surface area contributed by atoms with Gasteiger partial charge in [-0.3, -0.25) is 10.00 Å². The van der Waals surface area contributed by atoms with Crippen molar-refractivity contribution >= 4 is 22.8 Å². The molecule has 1 aliphatic rings. The molecule has 34 heavy (non-hydrogen) atoms. The first-order valence-corrected chi connectivity index (χ1v) is 11.1. The SMILES string of the molecule is Nc1nc(NCc2ccc(OCCN3CCCC3)c(F)c2F)nc(-c2ccc3cn[nH]c3c2)n1. The number of aromatic amines is 1. The van der Waals surface area contributed by atoms with Crippen LogP contribution >= 0.6 is 0 Å². The number of nitrogens with zero attached hydrogens (tertiary/aromatic N) is 5. The molecule has 0 unspecified atom stereocenters. The van der Waals surface area contributed by atoms with Crippen molar-refractivity contribution in [2.24, 2.45) is 0 Å². The lowest BCUT2D eigenvalue weighted by Crippen LogP contribution is -2.25. The van der Waals surface area contributed by atoms with E-state index in [9.17, 15) is 8.78 Å². The molecule has 0 bridgehead atoms. The Labute approximate surface area is 194 Å². The first-order chi connectivity index (χ1) is 16.6. The van der Waals surface area contributed by atoms with Crippen molar-refractivity contribution in [3.8, 4) is 17.1 Å². The molecule has 1 fully saturated rings. The molecule has 1 aliphatic heterocycles. The normalized spacial score (nSPS) is 14.1. The first kappa shape index (κ1) is 22.0. The highest BCUT2D eigenvalue weighted by Gasteiger charge is 2.17. The number of fused-ring (bicyclic) bond motifs is 1. The van der Waals surface area contributed by atoms with Crippen LogP contribution in [0, 0.1) is 11.6 Å². The van der Waals surface area contributed by atoms with Gasteiger partial charge in [0.2, 0.25) is 17.7 Å². The van der Waals surface area contributed by atoms with Gasteiger partial charge >= 0.3 is 0 Å². The minimum atomic E-state index is -1.01. The van der Waals surface area contributed by atoms with E-state index in [2.05, 4.69) is 35.4 Å². The van der Waals surface area contributed by atoms with Gasteiger partial charge in [-0.15, -0.1) is 0 Å². The summed E-state index contributed by atoms with van der Waals surface area (Å²) >= 11 is 0. The standard InChI is InChI=1S/C23H24F2N8O/c24-19-16(5-6-18(20(19)25)34-10-9-33-7-1-2-8-33)12-27-23-30-21(29-22(26)31-23)14-3-4-15-13-28-32-17(15)11-14/h3-6,11,13H,1-2,7-10,12H2,(H,28,32)(H3,26,27,29,30,31). The Morgan fingerprint density at radius 3 is 2.76 bits per heavy atom. The maximum Gasteiger partial charge on any atom is 0.228 e. The Morgan fingerprint density at radius 1 is 1.06 bits per heavy atom. The molecule has 4 aromatic rings. The number of ether oxygens (including phenoxy) is 1. The largest absolute Gasteiger partial charge is 0.489 e. The summed E-state index contributed by atoms with van der Waals surface area (Å²) in [4.78, 5) is 14.8. The van der Waals surface area contributed by atoms with Gasteiger partial charge in [0.05, 0.1) is 11.7 Å². The molecule has 1 saturated heterocycles. The monoisotopic (exact) mass is 466 g/mol. The molecular formula is C23H24F2N8O. The van der Waals surface area contributed by atoms with Crippen LogP contribution in [0.25, 0.3) is 22.3 Å². The average Bonchev–Trinajstić information content (AvgIpc) is 3.52. The van der Waals surface area contributed by atoms with E-state index in [-0.39, 0.29) is 29.8 Å². The summed E-state index contributed by atoms with van der Waals surface area (Å²) in [7, 11) is 0. The summed E-state index contributed by atoms with van der Waals surface area (Å²) in [5.74, 6) is -1.58. The number of nitrogens with one attached hydrogen (secondary N) is 2. The summed E-state index contributed by atoms with van der Waals surface area (Å²) in [6.45, 7) is 3.00. The van der Waals surface area contributed by atoms with Gasteiger partial charge in [0.15, 0.2) is 17.4 Å². The third-order valence-electron chi connectivity index (χ3n) is 5.78. The van der Waals surface area contributed by atoms with Gasteiger partial charge in [-0.2, -0.15) is 24.4 Å². The van der Waals surface area contributed by atoms with Crippen molar-refractivity contribution in [2.45, 2.75) is 19.4 Å². The van der Waals surface area contributed by atoms with Crippen LogP contribution in [-0.2, 0) is 6.54 Å². The van der Waals surface area contributed by atoms with Gasteiger partial charge in [0.25, 0.3) is 0 Å². The zero-order valence-electron chi connectivity index (χ0n) is 18.4. The molecule has 3 heterocycles. The predicted octanol–water partition coefficient (Wildman–Crippen LogP) is 3.36. The van der Waals surface area contributed by atoms with Crippen LogP contribution in [0.1, 0.15) is 18.4 Å². The molecule has 0 aliphatic carbocycles. The van der Waals surface area contributed by atoms with Gasteiger partial charge in [-0.25, -0.2) is 4.39 Å². The second-order valence-electron chi connectivity index (χ2n) is 8.11. The Hall–Kier alpha value is -3.86. The minimum Gasteiger partial charge on any atom is -0.489 e. The third-order valence-corrected chi connectivity index (χ3v) is 5.78. The third kappa shape index (κ3) is 4.74. The van der Waals surface area contributed by atoms with E-state index in [4.69, 9.17) is 10.5 Å². The Bertz CT molecular complexity index is 1310. The number of halogens is 2. The number of H-pyrrole nitrogens is 1. The number of likely N-dealkylation sites (tertiary alicyclic amines) is 1. The molecule has 5 rings (SSSR count). The molecule has 9 nitrogen and oxygen atoms in total. The summed E-state index contributed by atoms with van der Waals surface area (Å²) in [6, 6.07) is 8.49. The van der Waals surface area contributed by atoms with E-state index in [0.29, 0.717) is 24.5 Å². The van der Waals surface area contributed by atoms with E-state index >= 15 is 0 Å². The van der Waals surface area contributed by atoms with E-state index in [1.54, 1.807) is 6.20 Å². The smallest absolute Gasteiger partial charge is 0.228 e. The van der Waals surface area contributed by atoms with E-state index in [1.165, 1.54) is 25.0 Å². The van der Waals surface area contributed by atoms with E-state index < -0.39 is 11.6 Å². The number of hydrogen-bond acceptors (Lipinski definition) is 8. The van der Waals surface area contributed by atoms with Gasteiger partial charge < -0.3 is 15.8 Å². The van der Waals surface area contributed by atoms with Crippen LogP contribution < -0.4 is 15.8 Å². The summed E-state index contributed by atoms with van der Waals surface area (Å²) in [5.41, 5.74) is 7.50. The Morgan fingerprint density at radius 2 is 1.91 bits per heavy atom. The van der Waals surface area contributed by atoms with Crippen molar-refractivity contribution in [1.82, 2.24) is 30.0 Å². The molecule has 0 saturated carbocycles. The highest BCUT2D eigenvalue weighted by Crippen LogP contribution is 2.25. The summed E-state index contributed by atoms with van der Waals surface area (Å²) in [6.07, 6.45) is 4.04. The van der Waals surface area contributed by atoms with Crippen LogP contribution in [0.4, 0.5) is 20.7 Å². The number of anilines is 2. The fraction of sp³-hybridized carbons (Fsp3) is 0.304. The average molecular weight is 466 g/mol. The number of nitrogens with two attached hydrogens (primary N) is 1. The predicted molar refractivity (Wildman–Crippen MR) is 124 cm³/mol. The zero-order chi connectivity index (χ0) is 23.5. The molecule has 0 atom stereocenters. The van der Waals surface area contributed by atoms with Crippen LogP contribution in [-0.4, -0.2) is 56.3 Å². The van der Waals surface area contributed by atoms with Crippen LogP contribution in [0.5, 0.6) is 5.75 Å². The number of benzene rings is 2. The molecule has 0 amide bonds. The molecule has 176 valence electrons. The van der Waals surface area contributed by atoms with Crippen molar-refractivity contribution in [3.05, 3.63) is 53.7 Å². The van der Waals surface area contributed by atoms with E-state index in [1.807, 2.05) is 18.2 Å². The highest BCUT2D eigenvalue weighted by molar-refractivity contribution is 5.82. The van der Waals surface area contributed by atoms with Gasteiger partial charge in [0.1, 0.15) is 6.61 Å². The second-order valence-corrected chi connectivity index (χ2v) is 8.11. The fourth-order valence-corrected chi connectivity index (χ4v) is 3.96. The molecule has 4 N–H and O–H groups in total. The van der Waals surface area contributed by atoms with Gasteiger partial charge in [0, 0.05) is 29.6 Å². The highest BCUT2D eigenvalue weighted by atomic mass is 19.2. The fourth-order valence-electron chi connectivity index (χ4n) is 3.96. The van der Waals surface area contributed by atoms with E-state index in [0.717, 1.165) is 24.0 Å². The van der Waals surface area contributed by atoms with Crippen LogP contribution in [0.3, 0.4) is 0 Å². The number of rotatable bonds is 8. The topological polar surface area (TPSA) is 118 Å². The van der Waals surface area contributed by atoms with Crippen LogP contribution in [0.2, 0.25) is 0 Å². The summed E-state index contributed by atoms with van der Waals surface area (Å²) in [5, 5.41) is 10.7. The second kappa shape index (κ2) is 9.56. The maximum absolute atomic E-state index is 14.6. The number of nitrogen functional groups attached to an aromatic ring is 1. The van der Waals surface area contributed by atoms with Crippen LogP contribution in [0.15, 0.2) is 36.5 Å². The molecular weight excluding hydrogens is 442 g/mol. The number of aromatic nitrogens is 5. The zero-order valence-corrected chi connectivity index (χ0v) is 18.4.